The van der Waals surface area contributed by atoms with Crippen LogP contribution in [-0.2, 0) is 9.09 Å². The average molecular weight is 354 g/mol. The Morgan fingerprint density at radius 1 is 1.26 bits per heavy atom. The highest BCUT2D eigenvalue weighted by molar-refractivity contribution is 7.46. The number of aliphatic hydroxyl groups is 3. The lowest BCUT2D eigenvalue weighted by Crippen LogP contribution is -2.40. The van der Waals surface area contributed by atoms with Gasteiger partial charge in [0.2, 0.25) is 0 Å². The maximum absolute atomic E-state index is 11.2. The molecule has 1 heterocycles. The van der Waals surface area contributed by atoms with E-state index < -0.39 is 49.7 Å². The Bertz CT molecular complexity index is 722. The first kappa shape index (κ1) is 19.2. The molecule has 3 atom stereocenters. The number of nitrogens with two attached hydrogens (primary N) is 1. The molecule has 0 aliphatic heterocycles. The molecule has 0 spiro atoms. The van der Waals surface area contributed by atoms with Crippen molar-refractivity contribution in [3.63, 3.8) is 0 Å². The van der Waals surface area contributed by atoms with Crippen molar-refractivity contribution in [1.82, 2.24) is 9.97 Å². The molecular weight excluding hydrogens is 339 g/mol. The molecule has 0 radical (unpaired) electrons. The Labute approximate surface area is 127 Å². The molecule has 23 heavy (non-hydrogen) atoms. The van der Waals surface area contributed by atoms with E-state index >= 15 is 0 Å². The Morgan fingerprint density at radius 2 is 1.87 bits per heavy atom. The fourth-order valence-electron chi connectivity index (χ4n) is 1.32. The molecule has 0 bridgehead atoms. The van der Waals surface area contributed by atoms with Crippen LogP contribution in [0, 0.1) is 0 Å². The molecule has 130 valence electrons. The smallest absolute Gasteiger partial charge is 0.391 e. The number of aromatic amines is 2. The zero-order valence-corrected chi connectivity index (χ0v) is 12.3. The predicted molar refractivity (Wildman–Crippen MR) is 76.3 cm³/mol. The van der Waals surface area contributed by atoms with Crippen molar-refractivity contribution < 1.29 is 34.2 Å². The van der Waals surface area contributed by atoms with Gasteiger partial charge in [-0.05, 0) is 0 Å². The Kier molecular flexibility index (Phi) is 6.35. The Hall–Kier alpha value is -1.86. The van der Waals surface area contributed by atoms with Crippen LogP contribution < -0.4 is 17.0 Å². The molecule has 9 N–H and O–H groups in total. The molecule has 0 saturated carbocycles. The number of phosphoric ester groups is 1. The third kappa shape index (κ3) is 6.03. The molecule has 1 aromatic rings. The molecule has 1 rings (SSSR count). The van der Waals surface area contributed by atoms with Gasteiger partial charge in [-0.2, -0.15) is 0 Å². The minimum Gasteiger partial charge on any atom is -0.391 e. The quantitative estimate of drug-likeness (QED) is 0.178. The summed E-state index contributed by atoms with van der Waals surface area (Å²) in [5.74, 6) is -0.383. The van der Waals surface area contributed by atoms with Gasteiger partial charge >= 0.3 is 13.5 Å². The average Bonchev–Trinajstić information content (AvgIpc) is 2.44. The predicted octanol–water partition coefficient (Wildman–Crippen LogP) is -3.46. The van der Waals surface area contributed by atoms with Crippen molar-refractivity contribution in [3.05, 3.63) is 20.8 Å². The van der Waals surface area contributed by atoms with Gasteiger partial charge in [0.1, 0.15) is 24.0 Å². The van der Waals surface area contributed by atoms with E-state index in [-0.39, 0.29) is 5.82 Å². The number of phosphoric acid groups is 1. The third-order valence-corrected chi connectivity index (χ3v) is 2.96. The number of rotatable bonds is 7. The molecule has 14 heteroatoms. The molecule has 0 saturated heterocycles. The van der Waals surface area contributed by atoms with E-state index in [0.717, 1.165) is 0 Å². The molecular formula is C9H15N4O9P. The van der Waals surface area contributed by atoms with Crippen LogP contribution in [-0.4, -0.2) is 66.2 Å². The van der Waals surface area contributed by atoms with Gasteiger partial charge in [0, 0.05) is 6.21 Å². The van der Waals surface area contributed by atoms with E-state index in [1.54, 1.807) is 0 Å². The number of nitrogen functional groups attached to an aromatic ring is 1. The number of aromatic nitrogens is 2. The lowest BCUT2D eigenvalue weighted by molar-refractivity contribution is -0.0532. The topological polar surface area (TPSA) is 232 Å². The molecule has 0 aliphatic carbocycles. The number of nitrogens with one attached hydrogen (secondary N) is 2. The van der Waals surface area contributed by atoms with Crippen molar-refractivity contribution >= 4 is 25.5 Å². The number of aliphatic hydroxyl groups excluding tert-OH is 3. The van der Waals surface area contributed by atoms with E-state index in [0.29, 0.717) is 6.21 Å². The van der Waals surface area contributed by atoms with Gasteiger partial charge < -0.3 is 30.8 Å². The Morgan fingerprint density at radius 3 is 2.43 bits per heavy atom. The lowest BCUT2D eigenvalue weighted by Gasteiger charge is -2.20. The molecule has 0 unspecified atom stereocenters. The standard InChI is InChI=1S/C9H15N4O9P/c10-5-7(12-9(18)13-8(5)17)11-1-3(14)6(16)4(15)2-22-23(19,20)21/h1,3-4,6,14-16H,2,10H2,(H2,19,20,21)(H2,12,13,17,18)/b11-1+/t3-,4-,6+/m1/s1. The van der Waals surface area contributed by atoms with Crippen LogP contribution in [0.25, 0.3) is 0 Å². The van der Waals surface area contributed by atoms with E-state index in [2.05, 4.69) is 14.5 Å². The summed E-state index contributed by atoms with van der Waals surface area (Å²) < 4.78 is 14.4. The molecule has 13 nitrogen and oxygen atoms in total. The van der Waals surface area contributed by atoms with Crippen molar-refractivity contribution in [3.8, 4) is 0 Å². The fraction of sp³-hybridized carbons (Fsp3) is 0.444. The van der Waals surface area contributed by atoms with Gasteiger partial charge in [0.05, 0.1) is 6.61 Å². The van der Waals surface area contributed by atoms with Crippen LogP contribution in [0.5, 0.6) is 0 Å². The first-order valence-corrected chi connectivity index (χ1v) is 7.45. The number of hydrogen-bond donors (Lipinski definition) is 8. The fourth-order valence-corrected chi connectivity index (χ4v) is 1.67. The van der Waals surface area contributed by atoms with Gasteiger partial charge in [-0.25, -0.2) is 14.4 Å². The highest BCUT2D eigenvalue weighted by atomic mass is 31.2. The van der Waals surface area contributed by atoms with E-state index in [1.165, 1.54) is 0 Å². The van der Waals surface area contributed by atoms with E-state index in [1.807, 2.05) is 4.98 Å². The first-order chi connectivity index (χ1) is 10.5. The van der Waals surface area contributed by atoms with Crippen LogP contribution in [0.4, 0.5) is 11.5 Å². The van der Waals surface area contributed by atoms with Gasteiger partial charge in [-0.3, -0.25) is 19.3 Å². The van der Waals surface area contributed by atoms with Gasteiger partial charge in [-0.15, -0.1) is 0 Å². The molecule has 0 aliphatic rings. The zero-order valence-electron chi connectivity index (χ0n) is 11.4. The van der Waals surface area contributed by atoms with Gasteiger partial charge in [0.15, 0.2) is 5.82 Å². The maximum atomic E-state index is 11.2. The summed E-state index contributed by atoms with van der Waals surface area (Å²) in [6, 6.07) is 0. The minimum atomic E-state index is -4.85. The maximum Gasteiger partial charge on any atom is 0.469 e. The highest BCUT2D eigenvalue weighted by Gasteiger charge is 2.26. The summed E-state index contributed by atoms with van der Waals surface area (Å²) in [7, 11) is -4.85. The summed E-state index contributed by atoms with van der Waals surface area (Å²) in [5.41, 5.74) is 3.08. The van der Waals surface area contributed by atoms with Crippen LogP contribution in [0.2, 0.25) is 0 Å². The zero-order chi connectivity index (χ0) is 17.8. The molecule has 0 amide bonds. The summed E-state index contributed by atoms with van der Waals surface area (Å²) in [6.07, 6.45) is -4.92. The summed E-state index contributed by atoms with van der Waals surface area (Å²) in [4.78, 5) is 46.6. The van der Waals surface area contributed by atoms with Crippen molar-refractivity contribution in [1.29, 1.82) is 0 Å². The number of hydrogen-bond acceptors (Lipinski definition) is 9. The SMILES string of the molecule is Nc1c(/N=C/[C@@H](O)[C@H](O)[C@H](O)COP(=O)(O)O)[nH]c(=O)[nH]c1=O. The highest BCUT2D eigenvalue weighted by Crippen LogP contribution is 2.35. The monoisotopic (exact) mass is 354 g/mol. The third-order valence-electron chi connectivity index (χ3n) is 2.47. The summed E-state index contributed by atoms with van der Waals surface area (Å²) in [6.45, 7) is -0.958. The molecule has 1 aromatic heterocycles. The van der Waals surface area contributed by atoms with Crippen molar-refractivity contribution in [2.75, 3.05) is 12.3 Å². The second kappa shape index (κ2) is 7.61. The number of aliphatic imine (C=N–C) groups is 1. The summed E-state index contributed by atoms with van der Waals surface area (Å²) >= 11 is 0. The molecule has 0 fully saturated rings. The lowest BCUT2D eigenvalue weighted by atomic mass is 10.1. The second-order valence-corrected chi connectivity index (χ2v) is 5.52. The second-order valence-electron chi connectivity index (χ2n) is 4.28. The number of H-pyrrole nitrogens is 2. The van der Waals surface area contributed by atoms with Gasteiger partial charge in [-0.1, -0.05) is 0 Å². The van der Waals surface area contributed by atoms with Gasteiger partial charge in [0.25, 0.3) is 5.56 Å². The Balaban J connectivity index is 2.78. The summed E-state index contributed by atoms with van der Waals surface area (Å²) in [5, 5.41) is 28.5. The van der Waals surface area contributed by atoms with E-state index in [4.69, 9.17) is 15.5 Å². The van der Waals surface area contributed by atoms with Crippen LogP contribution in [0.3, 0.4) is 0 Å². The van der Waals surface area contributed by atoms with Crippen LogP contribution >= 0.6 is 7.82 Å². The number of anilines is 1. The normalized spacial score (nSPS) is 16.4. The first-order valence-electron chi connectivity index (χ1n) is 5.92. The van der Waals surface area contributed by atoms with E-state index in [9.17, 15) is 29.5 Å². The molecule has 0 aromatic carbocycles. The number of nitrogens with zero attached hydrogens (tertiary/aromatic N) is 1. The van der Waals surface area contributed by atoms with Crippen molar-refractivity contribution in [2.45, 2.75) is 18.3 Å². The van der Waals surface area contributed by atoms with Crippen LogP contribution in [0.15, 0.2) is 14.6 Å². The minimum absolute atomic E-state index is 0.383. The largest absolute Gasteiger partial charge is 0.469 e. The van der Waals surface area contributed by atoms with Crippen LogP contribution in [0.1, 0.15) is 0 Å². The van der Waals surface area contributed by atoms with Crippen molar-refractivity contribution in [2.24, 2.45) is 4.99 Å².